The number of nitrogens with two attached hydrogens (primary N) is 5. The summed E-state index contributed by atoms with van der Waals surface area (Å²) in [5.74, 6) is -10.2. The van der Waals surface area contributed by atoms with Crippen molar-refractivity contribution in [2.45, 2.75) is 153 Å². The number of aromatic amines is 1. The van der Waals surface area contributed by atoms with Crippen LogP contribution in [0, 0.1) is 5.92 Å². The van der Waals surface area contributed by atoms with E-state index in [4.69, 9.17) is 28.7 Å². The Kier molecular flexibility index (Phi) is 30.6. The van der Waals surface area contributed by atoms with Gasteiger partial charge >= 0.3 is 5.97 Å². The highest BCUT2D eigenvalue weighted by Crippen LogP contribution is 2.14. The van der Waals surface area contributed by atoms with E-state index >= 15 is 0 Å². The van der Waals surface area contributed by atoms with Gasteiger partial charge < -0.3 is 96.4 Å². The number of aliphatic hydroxyl groups is 2. The molecule has 456 valence electrons. The summed E-state index contributed by atoms with van der Waals surface area (Å²) in [4.78, 5) is 150. The van der Waals surface area contributed by atoms with Gasteiger partial charge in [-0.05, 0) is 64.4 Å². The number of aliphatic imine (C=N–C) groups is 2. The number of carboxylic acid groups (broad SMARTS) is 1. The number of carbonyl (C=O) groups is 10. The van der Waals surface area contributed by atoms with E-state index < -0.39 is 139 Å². The number of amides is 9. The van der Waals surface area contributed by atoms with Crippen LogP contribution in [0.3, 0.4) is 0 Å². The van der Waals surface area contributed by atoms with Gasteiger partial charge in [0.2, 0.25) is 53.2 Å². The number of aromatic nitrogens is 2. The zero-order valence-corrected chi connectivity index (χ0v) is 47.2. The quantitative estimate of drug-likeness (QED) is 0.0170. The molecule has 11 atom stereocenters. The van der Waals surface area contributed by atoms with Crippen molar-refractivity contribution in [2.24, 2.45) is 44.6 Å². The summed E-state index contributed by atoms with van der Waals surface area (Å²) in [5, 5.41) is 50.8. The molecule has 0 spiro atoms. The van der Waals surface area contributed by atoms with Gasteiger partial charge in [0.15, 0.2) is 11.9 Å². The average molecular weight is 1160 g/mol. The first-order valence-corrected chi connectivity index (χ1v) is 26.8. The maximum absolute atomic E-state index is 14.2. The van der Waals surface area contributed by atoms with Crippen LogP contribution in [0.5, 0.6) is 0 Å². The molecule has 2 aromatic rings. The Morgan fingerprint density at radius 3 is 1.73 bits per heavy atom. The highest BCUT2D eigenvalue weighted by Gasteiger charge is 2.37. The molecule has 2 rings (SSSR count). The van der Waals surface area contributed by atoms with Gasteiger partial charge in [-0.15, -0.1) is 0 Å². The van der Waals surface area contributed by atoms with Crippen molar-refractivity contribution in [1.29, 1.82) is 0 Å². The first kappa shape index (κ1) is 69.7. The van der Waals surface area contributed by atoms with Crippen molar-refractivity contribution in [2.75, 3.05) is 32.7 Å². The molecule has 0 saturated heterocycles. The van der Waals surface area contributed by atoms with E-state index in [-0.39, 0.29) is 63.7 Å². The highest BCUT2D eigenvalue weighted by molar-refractivity contribution is 5.98. The number of benzene rings is 1. The number of rotatable bonds is 37. The average Bonchev–Trinajstić information content (AvgIpc) is 3.96. The second-order valence-electron chi connectivity index (χ2n) is 19.6. The Hall–Kier alpha value is -8.45. The number of hydrogen-bond donors (Lipinski definition) is 17. The largest absolute Gasteiger partial charge is 0.480 e. The van der Waals surface area contributed by atoms with Crippen molar-refractivity contribution in [3.63, 3.8) is 0 Å². The normalized spacial score (nSPS) is 15.0. The second kappa shape index (κ2) is 36.0. The maximum Gasteiger partial charge on any atom is 0.323 e. The highest BCUT2D eigenvalue weighted by atomic mass is 16.4. The van der Waals surface area contributed by atoms with Gasteiger partial charge in [0, 0.05) is 44.4 Å². The van der Waals surface area contributed by atoms with Crippen molar-refractivity contribution >= 4 is 71.1 Å². The number of hydrogen-bond acceptors (Lipinski definition) is 16. The third kappa shape index (κ3) is 25.3. The van der Waals surface area contributed by atoms with E-state index in [9.17, 15) is 63.3 Å². The molecule has 1 aromatic carbocycles. The lowest BCUT2D eigenvalue weighted by atomic mass is 9.96. The van der Waals surface area contributed by atoms with Gasteiger partial charge in [-0.25, -0.2) is 4.98 Å². The van der Waals surface area contributed by atoms with Crippen molar-refractivity contribution in [3.8, 4) is 0 Å². The lowest BCUT2D eigenvalue weighted by Gasteiger charge is -2.31. The van der Waals surface area contributed by atoms with Gasteiger partial charge in [-0.3, -0.25) is 57.9 Å². The number of H-pyrrole nitrogens is 1. The summed E-state index contributed by atoms with van der Waals surface area (Å²) < 4.78 is 0. The molecule has 1 unspecified atom stereocenters. The van der Waals surface area contributed by atoms with Crippen molar-refractivity contribution < 1.29 is 63.3 Å². The van der Waals surface area contributed by atoms with E-state index in [0.717, 1.165) is 18.7 Å². The van der Waals surface area contributed by atoms with Crippen molar-refractivity contribution in [3.05, 3.63) is 54.1 Å². The molecule has 0 aliphatic rings. The first-order chi connectivity index (χ1) is 38.7. The minimum absolute atomic E-state index is 0.0407. The molecule has 22 N–H and O–H groups in total. The fraction of sp³-hybridized carbons (Fsp3) is 0.588. The summed E-state index contributed by atoms with van der Waals surface area (Å²) in [6.45, 7) is 7.78. The Labute approximate surface area is 475 Å². The van der Waals surface area contributed by atoms with Crippen LogP contribution in [0.15, 0.2) is 52.8 Å². The Morgan fingerprint density at radius 2 is 1.18 bits per heavy atom. The van der Waals surface area contributed by atoms with E-state index in [0.29, 0.717) is 30.5 Å². The third-order valence-electron chi connectivity index (χ3n) is 12.6. The van der Waals surface area contributed by atoms with E-state index in [1.54, 1.807) is 51.1 Å². The van der Waals surface area contributed by atoms with Crippen LogP contribution in [0.2, 0.25) is 0 Å². The van der Waals surface area contributed by atoms with Gasteiger partial charge in [0.1, 0.15) is 48.8 Å². The molecule has 0 saturated carbocycles. The van der Waals surface area contributed by atoms with Crippen LogP contribution in [-0.4, -0.2) is 195 Å². The lowest BCUT2D eigenvalue weighted by molar-refractivity contribution is -0.146. The summed E-state index contributed by atoms with van der Waals surface area (Å²) in [7, 11) is 0. The topological polar surface area (TPSA) is 514 Å². The Bertz CT molecular complexity index is 2470. The lowest BCUT2D eigenvalue weighted by Crippen LogP contribution is -2.63. The minimum Gasteiger partial charge on any atom is -0.480 e. The van der Waals surface area contributed by atoms with Crippen molar-refractivity contribution in [1.82, 2.24) is 57.4 Å². The molecular weight excluding hydrogens is 1070 g/mol. The molecule has 31 heteroatoms. The molecule has 0 bridgehead atoms. The molecule has 9 amide bonds. The fourth-order valence-corrected chi connectivity index (χ4v) is 7.93. The number of carboxylic acids is 1. The summed E-state index contributed by atoms with van der Waals surface area (Å²) >= 11 is 0. The molecule has 0 aliphatic heterocycles. The first-order valence-electron chi connectivity index (χ1n) is 26.8. The molecule has 1 heterocycles. The summed E-state index contributed by atoms with van der Waals surface area (Å²) in [5.41, 5.74) is 28.5. The molecule has 82 heavy (non-hydrogen) atoms. The van der Waals surface area contributed by atoms with Gasteiger partial charge in [0.25, 0.3) is 0 Å². The third-order valence-corrected chi connectivity index (χ3v) is 12.6. The smallest absolute Gasteiger partial charge is 0.323 e. The molecule has 31 nitrogen and oxygen atoms in total. The Balaban J connectivity index is 2.31. The Morgan fingerprint density at radius 1 is 0.646 bits per heavy atom. The SMILES string of the molecule is CCCN(CC(=O)O)C(=O)[C@@H](NC(=O)[C@H](CCCN=C(N)N)NC(=O)CNC(=O)[C@@H](NC(=O)[C@@H](NC(=O)[C@H](Cc1cnc[nH]1)NC(=O)[C@@H](Cc1ccccc1)NC(=O)[C@H](C)NC(=O)[C@@H](N)CCCN=C(N)N)[C@@H](C)O)[C@@H](C)O)C(C)CC. The van der Waals surface area contributed by atoms with Crippen LogP contribution < -0.4 is 71.2 Å². The number of aliphatic hydroxyl groups excluding tert-OH is 2. The minimum atomic E-state index is -1.85. The number of nitrogens with zero attached hydrogens (tertiary/aromatic N) is 4. The summed E-state index contributed by atoms with van der Waals surface area (Å²) in [6.07, 6.45) is 0.425. The predicted octanol–water partition coefficient (Wildman–Crippen LogP) is -5.71. The number of imidazole rings is 1. The zero-order chi connectivity index (χ0) is 61.6. The van der Waals surface area contributed by atoms with Gasteiger partial charge in [0.05, 0.1) is 31.1 Å². The predicted molar refractivity (Wildman–Crippen MR) is 300 cm³/mol. The monoisotopic (exact) mass is 1160 g/mol. The molecule has 0 fully saturated rings. The van der Waals surface area contributed by atoms with Crippen LogP contribution in [0.25, 0.3) is 0 Å². The van der Waals surface area contributed by atoms with Gasteiger partial charge in [-0.2, -0.15) is 0 Å². The second-order valence-corrected chi connectivity index (χ2v) is 19.6. The molecule has 0 radical (unpaired) electrons. The number of carbonyl (C=O) groups excluding carboxylic acids is 9. The van der Waals surface area contributed by atoms with Crippen LogP contribution >= 0.6 is 0 Å². The molecule has 0 aliphatic carbocycles. The molecule has 1 aromatic heterocycles. The number of aliphatic carboxylic acids is 1. The number of guanidine groups is 2. The van der Waals surface area contributed by atoms with Crippen LogP contribution in [0.1, 0.15) is 91.3 Å². The zero-order valence-electron chi connectivity index (χ0n) is 47.2. The van der Waals surface area contributed by atoms with Crippen LogP contribution in [-0.2, 0) is 60.8 Å². The van der Waals surface area contributed by atoms with Gasteiger partial charge in [-0.1, -0.05) is 57.5 Å². The number of nitrogens with one attached hydrogen (secondary N) is 9. The van der Waals surface area contributed by atoms with E-state index in [2.05, 4.69) is 62.5 Å². The van der Waals surface area contributed by atoms with E-state index in [1.807, 2.05) is 0 Å². The fourth-order valence-electron chi connectivity index (χ4n) is 7.93. The van der Waals surface area contributed by atoms with E-state index in [1.165, 1.54) is 19.4 Å². The molecular formula is C51H84N18O13. The summed E-state index contributed by atoms with van der Waals surface area (Å²) in [6, 6.07) is -2.80. The van der Waals surface area contributed by atoms with Crippen LogP contribution in [0.4, 0.5) is 0 Å². The maximum atomic E-state index is 14.2. The standard InChI is InChI=1S/C51H84N18O13/c1-7-20-69(25-38(73)74)49(82)39(27(3)8-2)66-44(77)34(17-13-19-59-51(55)56)63-37(72)24-60-47(80)40(29(5)70)68-48(81)41(30(6)71)67-46(79)36(22-32-23-57-26-61-32)65-45(78)35(21-31-14-10-9-11-15-31)64-42(75)28(4)62-43(76)33(52)16-12-18-58-50(53)54/h9-11,14-15,23,26-30,33-36,39-41,70-71H,7-8,12-13,16-22,24-25,52H2,1-6H3,(H,57,61)(H,60,80)(H,62,76)(H,63,72)(H,64,75)(H,65,78)(H,66,77)(H,67,79)(H,68,81)(H,73,74)(H4,53,54,58)(H4,55,56,59)/t27?,28-,29+,30+,33-,34-,35+,36-,39-,40-,41-/m0/s1.